The highest BCUT2D eigenvalue weighted by Crippen LogP contribution is 2.31. The van der Waals surface area contributed by atoms with E-state index in [2.05, 4.69) is 0 Å². The predicted octanol–water partition coefficient (Wildman–Crippen LogP) is 3.10. The van der Waals surface area contributed by atoms with Crippen molar-refractivity contribution in [2.75, 3.05) is 14.2 Å². The van der Waals surface area contributed by atoms with Gasteiger partial charge in [0.2, 0.25) is 5.78 Å². The van der Waals surface area contributed by atoms with Crippen LogP contribution in [0.5, 0.6) is 0 Å². The van der Waals surface area contributed by atoms with E-state index in [1.807, 2.05) is 36.5 Å². The molecule has 0 heterocycles. The summed E-state index contributed by atoms with van der Waals surface area (Å²) < 4.78 is 11.0. The van der Waals surface area contributed by atoms with E-state index in [9.17, 15) is 4.79 Å². The molecule has 0 N–H and O–H groups in total. The third-order valence-corrected chi connectivity index (χ3v) is 3.51. The molecule has 0 aromatic rings. The first-order chi connectivity index (χ1) is 9.24. The van der Waals surface area contributed by atoms with Crippen LogP contribution in [-0.2, 0) is 14.3 Å². The number of Topliss-reactive ketones (excluding diaryl/α,β-unsaturated/α-hetero) is 1. The van der Waals surface area contributed by atoms with Gasteiger partial charge in [-0.1, -0.05) is 36.5 Å². The Morgan fingerprint density at radius 3 is 2.11 bits per heavy atom. The van der Waals surface area contributed by atoms with E-state index in [1.165, 1.54) is 14.2 Å². The summed E-state index contributed by atoms with van der Waals surface area (Å²) in [4.78, 5) is 12.7. The topological polar surface area (TPSA) is 35.5 Å². The van der Waals surface area contributed by atoms with Gasteiger partial charge >= 0.3 is 0 Å². The molecule has 0 aliphatic heterocycles. The molecule has 2 aliphatic carbocycles. The number of hydrogen-bond donors (Lipinski definition) is 0. The van der Waals surface area contributed by atoms with Crippen molar-refractivity contribution >= 4 is 5.78 Å². The highest BCUT2D eigenvalue weighted by molar-refractivity contribution is 6.05. The van der Waals surface area contributed by atoms with Gasteiger partial charge in [0.15, 0.2) is 0 Å². The van der Waals surface area contributed by atoms with Crippen molar-refractivity contribution in [3.8, 4) is 0 Å². The van der Waals surface area contributed by atoms with E-state index >= 15 is 0 Å². The molecule has 0 atom stereocenters. The third-order valence-electron chi connectivity index (χ3n) is 3.51. The lowest BCUT2D eigenvalue weighted by Crippen LogP contribution is -2.45. The number of ketones is 1. The summed E-state index contributed by atoms with van der Waals surface area (Å²) in [6, 6.07) is 0. The molecule has 3 nitrogen and oxygen atoms in total. The van der Waals surface area contributed by atoms with Crippen molar-refractivity contribution in [2.24, 2.45) is 0 Å². The van der Waals surface area contributed by atoms with E-state index in [0.29, 0.717) is 5.57 Å². The van der Waals surface area contributed by atoms with Crippen LogP contribution in [-0.4, -0.2) is 25.8 Å². The number of carbonyl (C=O) groups excluding carboxylic acids is 1. The molecule has 0 saturated carbocycles. The summed E-state index contributed by atoms with van der Waals surface area (Å²) in [5, 5.41) is 0. The molecule has 0 aromatic carbocycles. The Hall–Kier alpha value is -1.45. The van der Waals surface area contributed by atoms with Crippen molar-refractivity contribution in [2.45, 2.75) is 31.5 Å². The summed E-state index contributed by atoms with van der Waals surface area (Å²) in [5.74, 6) is -1.45. The second-order valence-corrected chi connectivity index (χ2v) is 4.63. The van der Waals surface area contributed by atoms with Crippen LogP contribution in [0, 0.1) is 0 Å². The Morgan fingerprint density at radius 1 is 1.00 bits per heavy atom. The van der Waals surface area contributed by atoms with Crippen LogP contribution in [0.1, 0.15) is 25.7 Å². The zero-order valence-corrected chi connectivity index (χ0v) is 11.5. The Morgan fingerprint density at radius 2 is 1.63 bits per heavy atom. The van der Waals surface area contributed by atoms with Crippen LogP contribution < -0.4 is 0 Å². The normalized spacial score (nSPS) is 19.1. The third kappa shape index (κ3) is 2.62. The molecular formula is C16H20O3. The lowest BCUT2D eigenvalue weighted by Gasteiger charge is -2.32. The number of carbonyl (C=O) groups is 1. The molecule has 0 amide bonds. The smallest absolute Gasteiger partial charge is 0.260 e. The molecule has 19 heavy (non-hydrogen) atoms. The largest absolute Gasteiger partial charge is 0.343 e. The first-order valence-corrected chi connectivity index (χ1v) is 6.63. The minimum atomic E-state index is -1.32. The van der Waals surface area contributed by atoms with Crippen LogP contribution in [0.25, 0.3) is 0 Å². The fraction of sp³-hybridized carbons (Fsp3) is 0.438. The van der Waals surface area contributed by atoms with Gasteiger partial charge in [0.25, 0.3) is 5.79 Å². The van der Waals surface area contributed by atoms with Gasteiger partial charge in [-0.05, 0) is 25.7 Å². The van der Waals surface area contributed by atoms with E-state index in [-0.39, 0.29) is 5.78 Å². The Balaban J connectivity index is 2.36. The number of rotatable bonds is 5. The van der Waals surface area contributed by atoms with E-state index in [4.69, 9.17) is 9.47 Å². The fourth-order valence-electron chi connectivity index (χ4n) is 2.46. The molecule has 2 rings (SSSR count). The van der Waals surface area contributed by atoms with Crippen LogP contribution in [0.3, 0.4) is 0 Å². The summed E-state index contributed by atoms with van der Waals surface area (Å²) in [6.45, 7) is 0. The van der Waals surface area contributed by atoms with Gasteiger partial charge in [0, 0.05) is 25.4 Å². The predicted molar refractivity (Wildman–Crippen MR) is 74.7 cm³/mol. The number of methoxy groups -OCH3 is 2. The average Bonchev–Trinajstić information content (AvgIpc) is 2.51. The average molecular weight is 260 g/mol. The van der Waals surface area contributed by atoms with Crippen LogP contribution in [0.4, 0.5) is 0 Å². The van der Waals surface area contributed by atoms with Gasteiger partial charge in [0.1, 0.15) is 0 Å². The quantitative estimate of drug-likeness (QED) is 0.713. The Labute approximate surface area is 114 Å². The van der Waals surface area contributed by atoms with Crippen molar-refractivity contribution in [1.29, 1.82) is 0 Å². The van der Waals surface area contributed by atoms with Crippen molar-refractivity contribution in [3.63, 3.8) is 0 Å². The van der Waals surface area contributed by atoms with Crippen LogP contribution in [0.15, 0.2) is 47.6 Å². The SMILES string of the molecule is COC(OC)(C(=O)C1=CCCC=C1)C1=CCCC=C1. The van der Waals surface area contributed by atoms with Gasteiger partial charge in [-0.2, -0.15) is 0 Å². The highest BCUT2D eigenvalue weighted by atomic mass is 16.7. The summed E-state index contributed by atoms with van der Waals surface area (Å²) in [5.41, 5.74) is 1.45. The monoisotopic (exact) mass is 260 g/mol. The maximum atomic E-state index is 12.7. The van der Waals surface area contributed by atoms with Crippen molar-refractivity contribution < 1.29 is 14.3 Å². The molecule has 0 unspecified atom stereocenters. The van der Waals surface area contributed by atoms with Gasteiger partial charge in [-0.25, -0.2) is 0 Å². The zero-order chi connectivity index (χ0) is 13.7. The number of hydrogen-bond acceptors (Lipinski definition) is 3. The number of allylic oxidation sites excluding steroid dienone is 5. The van der Waals surface area contributed by atoms with Crippen LogP contribution in [0.2, 0.25) is 0 Å². The second kappa shape index (κ2) is 6.13. The minimum Gasteiger partial charge on any atom is -0.343 e. The first kappa shape index (κ1) is 14.0. The molecule has 3 heteroatoms. The van der Waals surface area contributed by atoms with Gasteiger partial charge < -0.3 is 9.47 Å². The standard InChI is InChI=1S/C16H20O3/c1-18-16(19-2,14-11-7-4-8-12-14)15(17)13-9-5-3-6-10-13/h5,7,9-12H,3-4,6,8H2,1-2H3. The summed E-state index contributed by atoms with van der Waals surface area (Å²) >= 11 is 0. The summed E-state index contributed by atoms with van der Waals surface area (Å²) in [6.07, 6.45) is 15.5. The Bertz CT molecular complexity index is 462. The molecule has 0 radical (unpaired) electrons. The maximum absolute atomic E-state index is 12.7. The minimum absolute atomic E-state index is 0.133. The number of ether oxygens (including phenoxy) is 2. The van der Waals surface area contributed by atoms with Crippen LogP contribution >= 0.6 is 0 Å². The Kier molecular flexibility index (Phi) is 4.51. The summed E-state index contributed by atoms with van der Waals surface area (Å²) in [7, 11) is 3.02. The molecule has 2 aliphatic rings. The van der Waals surface area contributed by atoms with Crippen molar-refractivity contribution in [1.82, 2.24) is 0 Å². The highest BCUT2D eigenvalue weighted by Gasteiger charge is 2.43. The molecule has 0 aromatic heterocycles. The lowest BCUT2D eigenvalue weighted by atomic mass is 9.90. The molecular weight excluding hydrogens is 240 g/mol. The fourth-order valence-corrected chi connectivity index (χ4v) is 2.46. The second-order valence-electron chi connectivity index (χ2n) is 4.63. The first-order valence-electron chi connectivity index (χ1n) is 6.63. The molecule has 0 fully saturated rings. The van der Waals surface area contributed by atoms with Gasteiger partial charge in [0.05, 0.1) is 0 Å². The van der Waals surface area contributed by atoms with Gasteiger partial charge in [-0.3, -0.25) is 4.79 Å². The van der Waals surface area contributed by atoms with E-state index in [0.717, 1.165) is 31.3 Å². The lowest BCUT2D eigenvalue weighted by molar-refractivity contribution is -0.185. The molecule has 0 bridgehead atoms. The zero-order valence-electron chi connectivity index (χ0n) is 11.5. The van der Waals surface area contributed by atoms with Gasteiger partial charge in [-0.15, -0.1) is 0 Å². The molecule has 0 spiro atoms. The van der Waals surface area contributed by atoms with Crippen molar-refractivity contribution in [3.05, 3.63) is 47.6 Å². The molecule has 0 saturated heterocycles. The molecule has 102 valence electrons. The van der Waals surface area contributed by atoms with E-state index < -0.39 is 5.79 Å². The van der Waals surface area contributed by atoms with E-state index in [1.54, 1.807) is 0 Å². The maximum Gasteiger partial charge on any atom is 0.260 e.